The Kier molecular flexibility index (Phi) is 12.4. The van der Waals surface area contributed by atoms with E-state index in [1.54, 1.807) is 18.3 Å². The summed E-state index contributed by atoms with van der Waals surface area (Å²) in [6.45, 7) is 7.75. The van der Waals surface area contributed by atoms with Gasteiger partial charge in [0.2, 0.25) is 10.0 Å². The van der Waals surface area contributed by atoms with E-state index in [4.69, 9.17) is 15.2 Å². The summed E-state index contributed by atoms with van der Waals surface area (Å²) in [6.07, 6.45) is 2.44. The van der Waals surface area contributed by atoms with Crippen molar-refractivity contribution >= 4 is 38.2 Å². The fourth-order valence-corrected chi connectivity index (χ4v) is 5.13. The van der Waals surface area contributed by atoms with Crippen LogP contribution in [-0.4, -0.2) is 62.7 Å². The van der Waals surface area contributed by atoms with Crippen LogP contribution in [0, 0.1) is 5.82 Å². The number of ether oxygens (including phenoxy) is 2. The summed E-state index contributed by atoms with van der Waals surface area (Å²) < 4.78 is 64.8. The molecule has 2 aromatic heterocycles. The van der Waals surface area contributed by atoms with E-state index >= 15 is 4.39 Å². The maximum absolute atomic E-state index is 15.4. The number of nitrogen functional groups attached to an aromatic ring is 1. The molecule has 2 aromatic carbocycles. The highest BCUT2D eigenvalue weighted by molar-refractivity contribution is 7.92. The predicted octanol–water partition coefficient (Wildman–Crippen LogP) is 6.05. The molecule has 0 aliphatic rings. The molecular formula is C30H38F2N6O4S. The van der Waals surface area contributed by atoms with Gasteiger partial charge in [-0.3, -0.25) is 9.11 Å². The molecule has 0 spiro atoms. The van der Waals surface area contributed by atoms with E-state index in [2.05, 4.69) is 31.9 Å². The van der Waals surface area contributed by atoms with Crippen LogP contribution in [0.15, 0.2) is 48.7 Å². The van der Waals surface area contributed by atoms with Crippen LogP contribution in [0.4, 0.5) is 26.1 Å². The summed E-state index contributed by atoms with van der Waals surface area (Å²) in [5.74, 6) is 0.321. The zero-order valence-electron chi connectivity index (χ0n) is 24.8. The molecule has 0 saturated heterocycles. The highest BCUT2D eigenvalue weighted by atomic mass is 32.2. The number of rotatable bonds is 13. The third kappa shape index (κ3) is 8.94. The molecule has 0 aliphatic carbocycles. The number of hydrogen-bond donors (Lipinski definition) is 3. The van der Waals surface area contributed by atoms with Crippen molar-refractivity contribution in [1.29, 1.82) is 0 Å². The Morgan fingerprint density at radius 1 is 1.02 bits per heavy atom. The van der Waals surface area contributed by atoms with Crippen molar-refractivity contribution in [3.05, 3.63) is 54.5 Å². The molecule has 0 bridgehead atoms. The Balaban J connectivity index is 0.000000934. The lowest BCUT2D eigenvalue weighted by Crippen LogP contribution is -2.18. The maximum Gasteiger partial charge on any atom is 0.232 e. The predicted molar refractivity (Wildman–Crippen MR) is 168 cm³/mol. The summed E-state index contributed by atoms with van der Waals surface area (Å²) in [5.41, 5.74) is 7.63. The number of pyridine rings is 1. The number of fused-ring (bicyclic) bond motifs is 1. The van der Waals surface area contributed by atoms with E-state index in [0.29, 0.717) is 33.6 Å². The molecule has 43 heavy (non-hydrogen) atoms. The van der Waals surface area contributed by atoms with Crippen molar-refractivity contribution in [2.24, 2.45) is 0 Å². The first-order valence-electron chi connectivity index (χ1n) is 14.0. The Bertz CT molecular complexity index is 1600. The highest BCUT2D eigenvalue weighted by Gasteiger charge is 2.19. The molecule has 232 valence electrons. The second kappa shape index (κ2) is 15.9. The van der Waals surface area contributed by atoms with Gasteiger partial charge in [-0.15, -0.1) is 0 Å². The van der Waals surface area contributed by atoms with Crippen LogP contribution >= 0.6 is 0 Å². The number of halogens is 2. The fraction of sp³-hybridized carbons (Fsp3) is 0.367. The number of benzene rings is 2. The largest absolute Gasteiger partial charge is 0.494 e. The molecule has 0 amide bonds. The Labute approximate surface area is 251 Å². The number of nitrogens with zero attached hydrogens (tertiary/aromatic N) is 3. The normalized spacial score (nSPS) is 11.1. The first-order chi connectivity index (χ1) is 20.7. The smallest absolute Gasteiger partial charge is 0.232 e. The van der Waals surface area contributed by atoms with E-state index in [9.17, 15) is 12.8 Å². The van der Waals surface area contributed by atoms with Crippen molar-refractivity contribution in [3.63, 3.8) is 0 Å². The number of alkyl halides is 1. The van der Waals surface area contributed by atoms with Crippen molar-refractivity contribution in [2.75, 3.05) is 55.1 Å². The van der Waals surface area contributed by atoms with E-state index in [1.165, 1.54) is 25.3 Å². The molecule has 0 radical (unpaired) electrons. The third-order valence-corrected chi connectivity index (χ3v) is 7.48. The summed E-state index contributed by atoms with van der Waals surface area (Å²) in [4.78, 5) is 13.4. The monoisotopic (exact) mass is 616 g/mol. The molecule has 13 heteroatoms. The number of nitrogens with one attached hydrogen (secondary N) is 2. The standard InChI is InChI=1S/C26H28F2N6O3S.C4H10O/c1-3-11-30-22-9-8-16(15-31-22)26-32-24-19(25(29)33-26)13-17(14-21(24)37-2)18-6-4-7-20(23(18)28)34-38(35,36)12-5-10-27;1-3-5-4-2/h4,6-9,13-15,34H,3,5,10-12H2,1-2H3,(H,30,31)(H2,29,32,33);3-4H2,1-2H3. The average Bonchev–Trinajstić information content (AvgIpc) is 3.00. The molecule has 0 unspecified atom stereocenters. The molecule has 4 aromatic rings. The number of aromatic nitrogens is 3. The third-order valence-electron chi connectivity index (χ3n) is 6.12. The van der Waals surface area contributed by atoms with Gasteiger partial charge in [-0.2, -0.15) is 0 Å². The van der Waals surface area contributed by atoms with Crippen LogP contribution in [0.25, 0.3) is 33.4 Å². The minimum atomic E-state index is -3.91. The van der Waals surface area contributed by atoms with Crippen molar-refractivity contribution in [3.8, 4) is 28.3 Å². The van der Waals surface area contributed by atoms with Gasteiger partial charge in [0.1, 0.15) is 22.9 Å². The zero-order valence-corrected chi connectivity index (χ0v) is 25.6. The minimum Gasteiger partial charge on any atom is -0.494 e. The lowest BCUT2D eigenvalue weighted by Gasteiger charge is -2.14. The molecule has 4 N–H and O–H groups in total. The summed E-state index contributed by atoms with van der Waals surface area (Å²) in [6, 6.07) is 11.2. The van der Waals surface area contributed by atoms with Gasteiger partial charge in [0, 0.05) is 42.5 Å². The van der Waals surface area contributed by atoms with Gasteiger partial charge < -0.3 is 20.5 Å². The van der Waals surface area contributed by atoms with Crippen molar-refractivity contribution in [1.82, 2.24) is 15.0 Å². The molecule has 0 fully saturated rings. The van der Waals surface area contributed by atoms with Gasteiger partial charge in [0.25, 0.3) is 0 Å². The van der Waals surface area contributed by atoms with Gasteiger partial charge in [-0.05, 0) is 62.6 Å². The van der Waals surface area contributed by atoms with E-state index < -0.39 is 28.3 Å². The Morgan fingerprint density at radius 2 is 1.79 bits per heavy atom. The van der Waals surface area contributed by atoms with Gasteiger partial charge >= 0.3 is 0 Å². The van der Waals surface area contributed by atoms with Crippen LogP contribution in [0.1, 0.15) is 33.6 Å². The molecule has 0 saturated carbocycles. The molecule has 10 nitrogen and oxygen atoms in total. The quantitative estimate of drug-likeness (QED) is 0.164. The van der Waals surface area contributed by atoms with Crippen LogP contribution in [-0.2, 0) is 14.8 Å². The van der Waals surface area contributed by atoms with Crippen molar-refractivity contribution < 1.29 is 26.7 Å². The molecular weight excluding hydrogens is 578 g/mol. The van der Waals surface area contributed by atoms with Crippen molar-refractivity contribution in [2.45, 2.75) is 33.6 Å². The number of methoxy groups -OCH3 is 1. The van der Waals surface area contributed by atoms with Gasteiger partial charge in [0.05, 0.1) is 25.2 Å². The fourth-order valence-electron chi connectivity index (χ4n) is 4.05. The second-order valence-corrected chi connectivity index (χ2v) is 11.1. The van der Waals surface area contributed by atoms with Gasteiger partial charge in [0.15, 0.2) is 11.6 Å². The number of nitrogens with two attached hydrogens (primary N) is 1. The topological polar surface area (TPSA) is 141 Å². The van der Waals surface area contributed by atoms with E-state index in [-0.39, 0.29) is 23.5 Å². The van der Waals surface area contributed by atoms with Crippen LogP contribution < -0.4 is 20.5 Å². The minimum absolute atomic E-state index is 0.110. The molecule has 0 aliphatic heterocycles. The Hall–Kier alpha value is -4.10. The van der Waals surface area contributed by atoms with Gasteiger partial charge in [-0.25, -0.2) is 27.8 Å². The average molecular weight is 617 g/mol. The van der Waals surface area contributed by atoms with E-state index in [1.807, 2.05) is 26.0 Å². The summed E-state index contributed by atoms with van der Waals surface area (Å²) in [5, 5.41) is 3.64. The lowest BCUT2D eigenvalue weighted by molar-refractivity contribution is 0.162. The number of sulfonamides is 1. The Morgan fingerprint density at radius 3 is 2.40 bits per heavy atom. The van der Waals surface area contributed by atoms with Crippen LogP contribution in [0.2, 0.25) is 0 Å². The zero-order chi connectivity index (χ0) is 31.4. The first kappa shape index (κ1) is 33.4. The maximum atomic E-state index is 15.4. The van der Waals surface area contributed by atoms with Crippen LogP contribution in [0.3, 0.4) is 0 Å². The number of anilines is 3. The first-order valence-corrected chi connectivity index (χ1v) is 15.6. The SMILES string of the molecule is CCCNc1ccc(-c2nc(N)c3cc(-c4cccc(NS(=O)(=O)CCCF)c4F)cc(OC)c3n2)cn1.CCOCC. The highest BCUT2D eigenvalue weighted by Crippen LogP contribution is 2.37. The summed E-state index contributed by atoms with van der Waals surface area (Å²) in [7, 11) is -2.46. The molecule has 0 atom stereocenters. The lowest BCUT2D eigenvalue weighted by atomic mass is 10.0. The van der Waals surface area contributed by atoms with E-state index in [0.717, 1.165) is 32.0 Å². The summed E-state index contributed by atoms with van der Waals surface area (Å²) >= 11 is 0. The number of hydrogen-bond acceptors (Lipinski definition) is 9. The van der Waals surface area contributed by atoms with Gasteiger partial charge in [-0.1, -0.05) is 19.1 Å². The molecule has 4 rings (SSSR count). The molecule has 2 heterocycles. The van der Waals surface area contributed by atoms with Crippen LogP contribution in [0.5, 0.6) is 5.75 Å². The second-order valence-electron chi connectivity index (χ2n) is 9.28.